The minimum atomic E-state index is -0.462. The lowest BCUT2D eigenvalue weighted by molar-refractivity contribution is 0.0607. The third kappa shape index (κ3) is 2.97. The average Bonchev–Trinajstić information content (AvgIpc) is 2.86. The van der Waals surface area contributed by atoms with E-state index in [1.165, 1.54) is 18.4 Å². The first-order chi connectivity index (χ1) is 9.11. The molecule has 0 bridgehead atoms. The highest BCUT2D eigenvalue weighted by Gasteiger charge is 2.16. The summed E-state index contributed by atoms with van der Waals surface area (Å²) in [7, 11) is 1.31. The van der Waals surface area contributed by atoms with Crippen molar-refractivity contribution in [1.29, 1.82) is 0 Å². The number of rotatable bonds is 3. The molecule has 0 saturated carbocycles. The second kappa shape index (κ2) is 5.62. The molecular weight excluding hydrogens is 264 g/mol. The van der Waals surface area contributed by atoms with E-state index in [0.717, 1.165) is 5.69 Å². The van der Waals surface area contributed by atoms with Crippen LogP contribution >= 0.6 is 11.3 Å². The molecule has 0 aliphatic rings. The fraction of sp³-hybridized carbons (Fsp3) is 0.154. The van der Waals surface area contributed by atoms with Crippen LogP contribution in [-0.4, -0.2) is 24.0 Å². The van der Waals surface area contributed by atoms with Gasteiger partial charge in [-0.3, -0.25) is 9.78 Å². The van der Waals surface area contributed by atoms with Crippen molar-refractivity contribution in [2.24, 2.45) is 0 Å². The molecule has 98 valence electrons. The first kappa shape index (κ1) is 13.2. The average molecular weight is 276 g/mol. The van der Waals surface area contributed by atoms with Gasteiger partial charge in [0.2, 0.25) is 0 Å². The van der Waals surface area contributed by atoms with Crippen LogP contribution in [0.1, 0.15) is 25.7 Å². The molecule has 0 spiro atoms. The molecule has 0 unspecified atom stereocenters. The van der Waals surface area contributed by atoms with Gasteiger partial charge in [0.1, 0.15) is 4.88 Å². The molecule has 1 N–H and O–H groups in total. The summed E-state index contributed by atoms with van der Waals surface area (Å²) in [5.41, 5.74) is 1.71. The lowest BCUT2D eigenvalue weighted by Gasteiger charge is -2.05. The molecule has 2 rings (SSSR count). The highest BCUT2D eigenvalue weighted by molar-refractivity contribution is 7.12. The summed E-state index contributed by atoms with van der Waals surface area (Å²) >= 11 is 1.22. The van der Waals surface area contributed by atoms with Crippen LogP contribution in [0.3, 0.4) is 0 Å². The Morgan fingerprint density at radius 2 is 2.16 bits per heavy atom. The van der Waals surface area contributed by atoms with E-state index in [-0.39, 0.29) is 5.91 Å². The summed E-state index contributed by atoms with van der Waals surface area (Å²) in [5, 5.41) is 4.41. The highest BCUT2D eigenvalue weighted by Crippen LogP contribution is 2.23. The van der Waals surface area contributed by atoms with Gasteiger partial charge in [-0.15, -0.1) is 11.3 Å². The minimum absolute atomic E-state index is 0.283. The highest BCUT2D eigenvalue weighted by atomic mass is 32.1. The number of thiophene rings is 1. The van der Waals surface area contributed by atoms with Gasteiger partial charge >= 0.3 is 5.97 Å². The van der Waals surface area contributed by atoms with E-state index in [1.807, 2.05) is 0 Å². The minimum Gasteiger partial charge on any atom is -0.465 e. The molecule has 0 aromatic carbocycles. The number of methoxy groups -OCH3 is 1. The Balaban J connectivity index is 2.20. The molecule has 0 aliphatic carbocycles. The Labute approximate surface area is 114 Å². The number of nitrogens with one attached hydrogen (secondary N) is 1. The smallest absolute Gasteiger partial charge is 0.350 e. The van der Waals surface area contributed by atoms with Crippen molar-refractivity contribution in [2.45, 2.75) is 6.92 Å². The van der Waals surface area contributed by atoms with Crippen LogP contribution < -0.4 is 5.32 Å². The predicted octanol–water partition coefficient (Wildman–Crippen LogP) is 2.49. The Morgan fingerprint density at radius 1 is 1.37 bits per heavy atom. The van der Waals surface area contributed by atoms with Gasteiger partial charge in [0.15, 0.2) is 0 Å². The molecular formula is C13H12N2O3S. The first-order valence-electron chi connectivity index (χ1n) is 5.51. The standard InChI is InChI=1S/C13H12N2O3S/c1-8-7-9(3-5-14-8)12(16)15-10-4-6-19-11(10)13(17)18-2/h3-7H,1-2H3,(H,15,16). The summed E-state index contributed by atoms with van der Waals surface area (Å²) in [6.07, 6.45) is 1.57. The Morgan fingerprint density at radius 3 is 2.84 bits per heavy atom. The molecule has 0 radical (unpaired) electrons. The molecule has 0 atom stereocenters. The van der Waals surface area contributed by atoms with Crippen molar-refractivity contribution in [3.8, 4) is 0 Å². The van der Waals surface area contributed by atoms with Gasteiger partial charge in [-0.05, 0) is 30.5 Å². The summed E-state index contributed by atoms with van der Waals surface area (Å²) < 4.78 is 4.65. The van der Waals surface area contributed by atoms with E-state index < -0.39 is 5.97 Å². The maximum atomic E-state index is 12.0. The molecule has 2 aromatic rings. The lowest BCUT2D eigenvalue weighted by atomic mass is 10.2. The van der Waals surface area contributed by atoms with Crippen LogP contribution in [0.2, 0.25) is 0 Å². The van der Waals surface area contributed by atoms with Gasteiger partial charge in [0.25, 0.3) is 5.91 Å². The van der Waals surface area contributed by atoms with Gasteiger partial charge in [-0.1, -0.05) is 0 Å². The predicted molar refractivity (Wildman–Crippen MR) is 72.6 cm³/mol. The molecule has 1 amide bonds. The van der Waals surface area contributed by atoms with Gasteiger partial charge in [-0.2, -0.15) is 0 Å². The van der Waals surface area contributed by atoms with E-state index in [9.17, 15) is 9.59 Å². The normalized spacial score (nSPS) is 10.0. The van der Waals surface area contributed by atoms with Gasteiger partial charge < -0.3 is 10.1 Å². The molecule has 0 saturated heterocycles. The number of ether oxygens (including phenoxy) is 1. The third-order valence-corrected chi connectivity index (χ3v) is 3.34. The van der Waals surface area contributed by atoms with Crippen LogP contribution in [0.15, 0.2) is 29.8 Å². The van der Waals surface area contributed by atoms with Crippen molar-refractivity contribution in [3.05, 3.63) is 45.9 Å². The second-order valence-corrected chi connectivity index (χ2v) is 4.71. The number of aryl methyl sites for hydroxylation is 1. The maximum Gasteiger partial charge on any atom is 0.350 e. The van der Waals surface area contributed by atoms with Crippen LogP contribution in [0.25, 0.3) is 0 Å². The third-order valence-electron chi connectivity index (χ3n) is 2.44. The first-order valence-corrected chi connectivity index (χ1v) is 6.39. The molecule has 2 heterocycles. The lowest BCUT2D eigenvalue weighted by Crippen LogP contribution is -2.14. The number of nitrogens with zero attached hydrogens (tertiary/aromatic N) is 1. The van der Waals surface area contributed by atoms with Crippen molar-refractivity contribution in [2.75, 3.05) is 12.4 Å². The Hall–Kier alpha value is -2.21. The van der Waals surface area contributed by atoms with Crippen molar-refractivity contribution < 1.29 is 14.3 Å². The SMILES string of the molecule is COC(=O)c1sccc1NC(=O)c1ccnc(C)c1. The largest absolute Gasteiger partial charge is 0.465 e. The Kier molecular flexibility index (Phi) is 3.91. The van der Waals surface area contributed by atoms with Crippen LogP contribution in [0.5, 0.6) is 0 Å². The molecule has 2 aromatic heterocycles. The van der Waals surface area contributed by atoms with Crippen molar-refractivity contribution in [3.63, 3.8) is 0 Å². The number of hydrogen-bond donors (Lipinski definition) is 1. The molecule has 0 fully saturated rings. The van der Waals surface area contributed by atoms with Crippen LogP contribution in [0.4, 0.5) is 5.69 Å². The van der Waals surface area contributed by atoms with Crippen molar-refractivity contribution in [1.82, 2.24) is 4.98 Å². The van der Waals surface area contributed by atoms with E-state index in [1.54, 1.807) is 36.7 Å². The summed E-state index contributed by atoms with van der Waals surface area (Å²) in [6.45, 7) is 1.81. The topological polar surface area (TPSA) is 68.3 Å². The zero-order chi connectivity index (χ0) is 13.8. The fourth-order valence-electron chi connectivity index (χ4n) is 1.54. The molecule has 6 heteroatoms. The number of hydrogen-bond acceptors (Lipinski definition) is 5. The van der Waals surface area contributed by atoms with Crippen LogP contribution in [0, 0.1) is 6.92 Å². The number of pyridine rings is 1. The Bertz CT molecular complexity index is 622. The molecule has 0 aliphatic heterocycles. The monoisotopic (exact) mass is 276 g/mol. The van der Waals surface area contributed by atoms with E-state index in [0.29, 0.717) is 16.1 Å². The van der Waals surface area contributed by atoms with Gasteiger partial charge in [0, 0.05) is 17.5 Å². The van der Waals surface area contributed by atoms with Crippen LogP contribution in [-0.2, 0) is 4.74 Å². The number of aromatic nitrogens is 1. The zero-order valence-electron chi connectivity index (χ0n) is 10.5. The maximum absolute atomic E-state index is 12.0. The van der Waals surface area contributed by atoms with E-state index in [4.69, 9.17) is 0 Å². The quantitative estimate of drug-likeness (QED) is 0.874. The number of amides is 1. The van der Waals surface area contributed by atoms with Gasteiger partial charge in [0.05, 0.1) is 12.8 Å². The summed E-state index contributed by atoms with van der Waals surface area (Å²) in [4.78, 5) is 27.9. The second-order valence-electron chi connectivity index (χ2n) is 3.80. The number of anilines is 1. The fourth-order valence-corrected chi connectivity index (χ4v) is 2.31. The number of esters is 1. The summed E-state index contributed by atoms with van der Waals surface area (Å²) in [6, 6.07) is 4.97. The zero-order valence-corrected chi connectivity index (χ0v) is 11.3. The molecule has 5 nitrogen and oxygen atoms in total. The van der Waals surface area contributed by atoms with E-state index >= 15 is 0 Å². The number of carbonyl (C=O) groups excluding carboxylic acids is 2. The molecule has 19 heavy (non-hydrogen) atoms. The van der Waals surface area contributed by atoms with E-state index in [2.05, 4.69) is 15.0 Å². The summed E-state index contributed by atoms with van der Waals surface area (Å²) in [5.74, 6) is -0.745. The number of carbonyl (C=O) groups is 2. The van der Waals surface area contributed by atoms with Crippen molar-refractivity contribution >= 4 is 28.9 Å². The van der Waals surface area contributed by atoms with Gasteiger partial charge in [-0.25, -0.2) is 4.79 Å².